The summed E-state index contributed by atoms with van der Waals surface area (Å²) < 4.78 is 14.8. The second-order valence-corrected chi connectivity index (χ2v) is 3.64. The average Bonchev–Trinajstić information content (AvgIpc) is 2.35. The van der Waals surface area contributed by atoms with Crippen LogP contribution in [0.15, 0.2) is 0 Å². The van der Waals surface area contributed by atoms with Gasteiger partial charge in [0.2, 0.25) is 0 Å². The third kappa shape index (κ3) is 7.74. The van der Waals surface area contributed by atoms with Crippen molar-refractivity contribution in [1.82, 2.24) is 0 Å². The van der Waals surface area contributed by atoms with E-state index in [4.69, 9.17) is 9.47 Å². The van der Waals surface area contributed by atoms with Crippen LogP contribution >= 0.6 is 0 Å². The van der Waals surface area contributed by atoms with Gasteiger partial charge in [-0.2, -0.15) is 0 Å². The lowest BCUT2D eigenvalue weighted by Crippen LogP contribution is -2.27. The van der Waals surface area contributed by atoms with E-state index in [-0.39, 0.29) is 12.4 Å². The topological polar surface area (TPSA) is 61.8 Å². The molecule has 0 aliphatic heterocycles. The number of ether oxygens (including phenoxy) is 3. The highest BCUT2D eigenvalue weighted by Gasteiger charge is 2.21. The molecule has 5 heteroatoms. The maximum Gasteiger partial charge on any atom is 0.334 e. The van der Waals surface area contributed by atoms with E-state index >= 15 is 0 Å². The van der Waals surface area contributed by atoms with Crippen LogP contribution in [-0.2, 0) is 23.8 Å². The number of carbonyl (C=O) groups excluding carboxylic acids is 2. The fraction of sp³-hybridized carbons (Fsp3) is 0.833. The number of carbonyl (C=O) groups is 2. The van der Waals surface area contributed by atoms with Crippen LogP contribution in [0.1, 0.15) is 39.5 Å². The molecular formula is C12H22O5. The van der Waals surface area contributed by atoms with Crippen LogP contribution in [0.2, 0.25) is 0 Å². The first-order chi connectivity index (χ1) is 8.15. The molecule has 0 saturated heterocycles. The van der Waals surface area contributed by atoms with Gasteiger partial charge in [0, 0.05) is 13.0 Å². The molecule has 0 spiro atoms. The Morgan fingerprint density at radius 2 is 1.76 bits per heavy atom. The summed E-state index contributed by atoms with van der Waals surface area (Å²) in [5.41, 5.74) is 0. The minimum absolute atomic E-state index is 0.170. The Morgan fingerprint density at radius 3 is 2.29 bits per heavy atom. The van der Waals surface area contributed by atoms with Crippen molar-refractivity contribution in [1.29, 1.82) is 0 Å². The maximum absolute atomic E-state index is 11.3. The van der Waals surface area contributed by atoms with E-state index in [9.17, 15) is 9.59 Å². The second-order valence-electron chi connectivity index (χ2n) is 3.64. The van der Waals surface area contributed by atoms with Gasteiger partial charge in [-0.05, 0) is 19.3 Å². The van der Waals surface area contributed by atoms with Gasteiger partial charge in [0.15, 0.2) is 6.10 Å². The Morgan fingerprint density at radius 1 is 1.12 bits per heavy atom. The molecule has 17 heavy (non-hydrogen) atoms. The van der Waals surface area contributed by atoms with Gasteiger partial charge >= 0.3 is 11.9 Å². The number of rotatable bonds is 9. The van der Waals surface area contributed by atoms with Gasteiger partial charge in [0.05, 0.1) is 13.7 Å². The first-order valence-electron chi connectivity index (χ1n) is 6.00. The fourth-order valence-electron chi connectivity index (χ4n) is 1.20. The van der Waals surface area contributed by atoms with Crippen molar-refractivity contribution in [2.24, 2.45) is 0 Å². The molecule has 0 saturated carbocycles. The summed E-state index contributed by atoms with van der Waals surface area (Å²) in [5, 5.41) is 0. The number of hydrogen-bond donors (Lipinski definition) is 0. The first kappa shape index (κ1) is 15.9. The molecule has 0 heterocycles. The van der Waals surface area contributed by atoms with Crippen LogP contribution in [0.3, 0.4) is 0 Å². The van der Waals surface area contributed by atoms with Gasteiger partial charge in [-0.15, -0.1) is 0 Å². The molecule has 0 aromatic heterocycles. The summed E-state index contributed by atoms with van der Waals surface area (Å²) in [6.07, 6.45) is 1.40. The molecule has 1 atom stereocenters. The predicted octanol–water partition coefficient (Wildman–Crippen LogP) is 1.69. The highest BCUT2D eigenvalue weighted by atomic mass is 16.6. The van der Waals surface area contributed by atoms with E-state index in [0.717, 1.165) is 12.8 Å². The molecule has 0 aromatic carbocycles. The smallest absolute Gasteiger partial charge is 0.334 e. The van der Waals surface area contributed by atoms with E-state index in [2.05, 4.69) is 4.74 Å². The highest BCUT2D eigenvalue weighted by Crippen LogP contribution is 2.06. The lowest BCUT2D eigenvalue weighted by atomic mass is 10.2. The maximum atomic E-state index is 11.3. The Balaban J connectivity index is 3.97. The number of hydrogen-bond acceptors (Lipinski definition) is 5. The lowest BCUT2D eigenvalue weighted by Gasteiger charge is -2.14. The van der Waals surface area contributed by atoms with Crippen molar-refractivity contribution < 1.29 is 23.8 Å². The molecule has 0 N–H and O–H groups in total. The van der Waals surface area contributed by atoms with E-state index < -0.39 is 12.1 Å². The summed E-state index contributed by atoms with van der Waals surface area (Å²) in [6.45, 7) is 4.76. The molecule has 0 aliphatic carbocycles. The molecular weight excluding hydrogens is 224 g/mol. The van der Waals surface area contributed by atoms with Crippen LogP contribution < -0.4 is 0 Å². The molecule has 0 bridgehead atoms. The van der Waals surface area contributed by atoms with Crippen molar-refractivity contribution in [3.05, 3.63) is 0 Å². The summed E-state index contributed by atoms with van der Waals surface area (Å²) in [7, 11) is 1.31. The van der Waals surface area contributed by atoms with Crippen LogP contribution in [0.25, 0.3) is 0 Å². The Labute approximate surface area is 102 Å². The third-order valence-electron chi connectivity index (χ3n) is 2.07. The van der Waals surface area contributed by atoms with Gasteiger partial charge in [0.1, 0.15) is 0 Å². The molecule has 5 nitrogen and oxygen atoms in total. The van der Waals surface area contributed by atoms with Crippen molar-refractivity contribution in [2.75, 3.05) is 20.3 Å². The summed E-state index contributed by atoms with van der Waals surface area (Å²) in [4.78, 5) is 22.6. The third-order valence-corrected chi connectivity index (χ3v) is 2.07. The van der Waals surface area contributed by atoms with Crippen LogP contribution in [0, 0.1) is 0 Å². The van der Waals surface area contributed by atoms with Crippen molar-refractivity contribution in [3.8, 4) is 0 Å². The van der Waals surface area contributed by atoms with Gasteiger partial charge in [-0.3, -0.25) is 4.79 Å². The summed E-state index contributed by atoms with van der Waals surface area (Å²) in [6, 6.07) is 0. The summed E-state index contributed by atoms with van der Waals surface area (Å²) in [5.74, 6) is -0.748. The zero-order valence-corrected chi connectivity index (χ0v) is 10.9. The molecule has 0 radical (unpaired) electrons. The zero-order valence-electron chi connectivity index (χ0n) is 10.9. The SMILES string of the molecule is CCCOC(=O)CCC(OCCC)C(=O)OC. The lowest BCUT2D eigenvalue weighted by molar-refractivity contribution is -0.155. The Kier molecular flexibility index (Phi) is 9.43. The fourth-order valence-corrected chi connectivity index (χ4v) is 1.20. The minimum Gasteiger partial charge on any atom is -0.467 e. The van der Waals surface area contributed by atoms with Gasteiger partial charge in [-0.25, -0.2) is 4.79 Å². The Bertz CT molecular complexity index is 227. The molecule has 0 rings (SSSR count). The number of methoxy groups -OCH3 is 1. The van der Waals surface area contributed by atoms with E-state index in [1.54, 1.807) is 0 Å². The van der Waals surface area contributed by atoms with Crippen LogP contribution in [-0.4, -0.2) is 38.4 Å². The van der Waals surface area contributed by atoms with Crippen molar-refractivity contribution in [3.63, 3.8) is 0 Å². The first-order valence-corrected chi connectivity index (χ1v) is 6.00. The largest absolute Gasteiger partial charge is 0.467 e. The average molecular weight is 246 g/mol. The molecule has 100 valence electrons. The van der Waals surface area contributed by atoms with E-state index in [1.165, 1.54) is 7.11 Å². The minimum atomic E-state index is -0.672. The molecule has 0 aromatic rings. The van der Waals surface area contributed by atoms with E-state index in [1.807, 2.05) is 13.8 Å². The molecule has 0 fully saturated rings. The summed E-state index contributed by atoms with van der Waals surface area (Å²) >= 11 is 0. The highest BCUT2D eigenvalue weighted by molar-refractivity contribution is 5.76. The van der Waals surface area contributed by atoms with Crippen LogP contribution in [0.5, 0.6) is 0 Å². The van der Waals surface area contributed by atoms with E-state index in [0.29, 0.717) is 19.6 Å². The van der Waals surface area contributed by atoms with Crippen molar-refractivity contribution in [2.45, 2.75) is 45.6 Å². The molecule has 1 unspecified atom stereocenters. The Hall–Kier alpha value is -1.10. The monoisotopic (exact) mass is 246 g/mol. The zero-order chi connectivity index (χ0) is 13.1. The van der Waals surface area contributed by atoms with Gasteiger partial charge < -0.3 is 14.2 Å². The second kappa shape index (κ2) is 10.1. The number of esters is 2. The predicted molar refractivity (Wildman–Crippen MR) is 62.5 cm³/mol. The quantitative estimate of drug-likeness (QED) is 0.579. The van der Waals surface area contributed by atoms with Crippen LogP contribution in [0.4, 0.5) is 0 Å². The standard InChI is InChI=1S/C12H22O5/c1-4-8-16-10(12(14)15-3)6-7-11(13)17-9-5-2/h10H,4-9H2,1-3H3. The van der Waals surface area contributed by atoms with Crippen molar-refractivity contribution >= 4 is 11.9 Å². The van der Waals surface area contributed by atoms with Gasteiger partial charge in [-0.1, -0.05) is 13.8 Å². The van der Waals surface area contributed by atoms with Gasteiger partial charge in [0.25, 0.3) is 0 Å². The molecule has 0 amide bonds. The molecule has 0 aliphatic rings. The normalized spacial score (nSPS) is 11.9.